The summed E-state index contributed by atoms with van der Waals surface area (Å²) in [6.45, 7) is 4.44. The number of benzene rings is 1. The molecule has 2 rings (SSSR count). The molecule has 3 N–H and O–H groups in total. The molecule has 2 amide bonds. The Morgan fingerprint density at radius 2 is 2.05 bits per heavy atom. The van der Waals surface area contributed by atoms with Gasteiger partial charge >= 0.3 is 11.8 Å². The Bertz CT molecular complexity index is 661. The van der Waals surface area contributed by atoms with E-state index < -0.39 is 17.9 Å². The lowest BCUT2D eigenvalue weighted by Crippen LogP contribution is -2.38. The third kappa shape index (κ3) is 3.61. The Morgan fingerprint density at radius 1 is 1.29 bits per heavy atom. The predicted octanol–water partition coefficient (Wildman–Crippen LogP) is 1.10. The number of anilines is 1. The van der Waals surface area contributed by atoms with Crippen LogP contribution >= 0.6 is 0 Å². The maximum atomic E-state index is 11.7. The number of nitrogens with zero attached hydrogens (tertiary/aromatic N) is 1. The summed E-state index contributed by atoms with van der Waals surface area (Å²) in [6.07, 6.45) is 1.29. The summed E-state index contributed by atoms with van der Waals surface area (Å²) < 4.78 is 2.05. The van der Waals surface area contributed by atoms with Gasteiger partial charge in [0.2, 0.25) is 0 Å². The first kappa shape index (κ1) is 15.1. The molecule has 0 aliphatic heterocycles. The van der Waals surface area contributed by atoms with Gasteiger partial charge in [0.25, 0.3) is 0 Å². The van der Waals surface area contributed by atoms with Gasteiger partial charge in [-0.3, -0.25) is 9.59 Å². The fraction of sp³-hybridized carbons (Fsp3) is 0.333. The highest BCUT2D eigenvalue weighted by Gasteiger charge is 2.14. The number of fused-ring (bicyclic) bond motifs is 1. The first-order valence-corrected chi connectivity index (χ1v) is 6.87. The van der Waals surface area contributed by atoms with Crippen molar-refractivity contribution in [3.63, 3.8) is 0 Å². The number of hydrogen-bond donors (Lipinski definition) is 3. The summed E-state index contributed by atoms with van der Waals surface area (Å²) in [5.41, 5.74) is 1.56. The van der Waals surface area contributed by atoms with Crippen molar-refractivity contribution in [3.05, 3.63) is 30.5 Å². The van der Waals surface area contributed by atoms with Crippen LogP contribution in [0.25, 0.3) is 10.9 Å². The highest BCUT2D eigenvalue weighted by Crippen LogP contribution is 2.20. The molecule has 6 nitrogen and oxygen atoms in total. The average molecular weight is 289 g/mol. The van der Waals surface area contributed by atoms with Crippen LogP contribution in [0.3, 0.4) is 0 Å². The van der Waals surface area contributed by atoms with E-state index in [2.05, 4.69) is 15.2 Å². The maximum absolute atomic E-state index is 11.7. The minimum atomic E-state index is -0.762. The van der Waals surface area contributed by atoms with Crippen LogP contribution in [0.4, 0.5) is 5.69 Å². The van der Waals surface area contributed by atoms with E-state index in [0.29, 0.717) is 5.69 Å². The molecule has 1 aromatic carbocycles. The molecule has 1 heterocycles. The van der Waals surface area contributed by atoms with Gasteiger partial charge in [-0.2, -0.15) is 0 Å². The van der Waals surface area contributed by atoms with Crippen LogP contribution in [-0.4, -0.2) is 34.1 Å². The van der Waals surface area contributed by atoms with Crippen LogP contribution in [0.2, 0.25) is 0 Å². The second-order valence-electron chi connectivity index (χ2n) is 4.89. The van der Waals surface area contributed by atoms with E-state index in [1.54, 1.807) is 6.07 Å². The summed E-state index contributed by atoms with van der Waals surface area (Å²) in [7, 11) is 0. The molecule has 0 bridgehead atoms. The van der Waals surface area contributed by atoms with Gasteiger partial charge in [0.15, 0.2) is 0 Å². The summed E-state index contributed by atoms with van der Waals surface area (Å²) in [5, 5.41) is 15.1. The van der Waals surface area contributed by atoms with E-state index in [1.165, 1.54) is 6.92 Å². The van der Waals surface area contributed by atoms with Crippen LogP contribution in [0, 0.1) is 0 Å². The predicted molar refractivity (Wildman–Crippen MR) is 80.9 cm³/mol. The lowest BCUT2D eigenvalue weighted by Gasteiger charge is -2.08. The van der Waals surface area contributed by atoms with E-state index >= 15 is 0 Å². The Labute approximate surface area is 122 Å². The fourth-order valence-corrected chi connectivity index (χ4v) is 2.05. The average Bonchev–Trinajstić information content (AvgIpc) is 2.86. The molecular weight excluding hydrogens is 270 g/mol. The van der Waals surface area contributed by atoms with Gasteiger partial charge in [0.1, 0.15) is 0 Å². The number of aryl methyl sites for hydroxylation is 1. The zero-order chi connectivity index (χ0) is 15.4. The number of carbonyl (C=O) groups is 2. The number of hydrogen-bond acceptors (Lipinski definition) is 3. The van der Waals surface area contributed by atoms with E-state index in [4.69, 9.17) is 5.11 Å². The van der Waals surface area contributed by atoms with E-state index in [9.17, 15) is 9.59 Å². The smallest absolute Gasteiger partial charge is 0.313 e. The Hall–Kier alpha value is -2.34. The van der Waals surface area contributed by atoms with Gasteiger partial charge < -0.3 is 20.3 Å². The lowest BCUT2D eigenvalue weighted by atomic mass is 10.2. The summed E-state index contributed by atoms with van der Waals surface area (Å²) in [6, 6.07) is 7.48. The van der Waals surface area contributed by atoms with Gasteiger partial charge in [-0.1, -0.05) is 6.07 Å². The molecule has 0 radical (unpaired) electrons. The lowest BCUT2D eigenvalue weighted by molar-refractivity contribution is -0.136. The van der Waals surface area contributed by atoms with E-state index in [1.807, 2.05) is 31.3 Å². The summed E-state index contributed by atoms with van der Waals surface area (Å²) in [5.74, 6) is -1.51. The number of aromatic nitrogens is 1. The van der Waals surface area contributed by atoms with Gasteiger partial charge in [-0.15, -0.1) is 0 Å². The van der Waals surface area contributed by atoms with Gasteiger partial charge in [-0.25, -0.2) is 0 Å². The minimum Gasteiger partial charge on any atom is -0.392 e. The molecule has 0 saturated carbocycles. The number of carbonyl (C=O) groups excluding carboxylic acids is 2. The van der Waals surface area contributed by atoms with E-state index in [-0.39, 0.29) is 6.54 Å². The molecule has 112 valence electrons. The normalized spacial score (nSPS) is 12.1. The molecule has 1 unspecified atom stereocenters. The van der Waals surface area contributed by atoms with Crippen molar-refractivity contribution >= 4 is 28.4 Å². The summed E-state index contributed by atoms with van der Waals surface area (Å²) in [4.78, 5) is 23.3. The molecule has 2 aromatic rings. The molecule has 0 spiro atoms. The molecule has 6 heteroatoms. The monoisotopic (exact) mass is 289 g/mol. The molecule has 0 aliphatic carbocycles. The second kappa shape index (κ2) is 6.41. The van der Waals surface area contributed by atoms with Crippen molar-refractivity contribution in [3.8, 4) is 0 Å². The highest BCUT2D eigenvalue weighted by molar-refractivity contribution is 6.39. The summed E-state index contributed by atoms with van der Waals surface area (Å²) >= 11 is 0. The number of rotatable bonds is 4. The Kier molecular flexibility index (Phi) is 4.59. The molecule has 0 fully saturated rings. The van der Waals surface area contributed by atoms with Crippen molar-refractivity contribution in [2.45, 2.75) is 26.5 Å². The standard InChI is InChI=1S/C15H19N3O3/c1-3-18-7-6-11-4-5-12(8-13(11)18)17-15(21)14(20)16-9-10(2)19/h4-8,10,19H,3,9H2,1-2H3,(H,16,20)(H,17,21). The number of nitrogens with one attached hydrogen (secondary N) is 2. The highest BCUT2D eigenvalue weighted by atomic mass is 16.3. The van der Waals surface area contributed by atoms with Crippen molar-refractivity contribution < 1.29 is 14.7 Å². The van der Waals surface area contributed by atoms with Crippen LogP contribution in [-0.2, 0) is 16.1 Å². The van der Waals surface area contributed by atoms with Crippen molar-refractivity contribution in [1.29, 1.82) is 0 Å². The molecular formula is C15H19N3O3. The first-order chi connectivity index (χ1) is 10.0. The molecule has 0 saturated heterocycles. The first-order valence-electron chi connectivity index (χ1n) is 6.87. The van der Waals surface area contributed by atoms with Crippen LogP contribution in [0.15, 0.2) is 30.5 Å². The zero-order valence-corrected chi connectivity index (χ0v) is 12.1. The van der Waals surface area contributed by atoms with Gasteiger partial charge in [0, 0.05) is 25.0 Å². The third-order valence-electron chi connectivity index (χ3n) is 3.14. The second-order valence-corrected chi connectivity index (χ2v) is 4.89. The van der Waals surface area contributed by atoms with Crippen molar-refractivity contribution in [2.75, 3.05) is 11.9 Å². The number of aliphatic hydroxyl groups is 1. The zero-order valence-electron chi connectivity index (χ0n) is 12.1. The topological polar surface area (TPSA) is 83.4 Å². The fourth-order valence-electron chi connectivity index (χ4n) is 2.05. The number of amides is 2. The quantitative estimate of drug-likeness (QED) is 0.737. The largest absolute Gasteiger partial charge is 0.392 e. The molecule has 1 aromatic heterocycles. The Morgan fingerprint density at radius 3 is 2.71 bits per heavy atom. The van der Waals surface area contributed by atoms with Crippen LogP contribution in [0.1, 0.15) is 13.8 Å². The third-order valence-corrected chi connectivity index (χ3v) is 3.14. The molecule has 0 aliphatic rings. The van der Waals surface area contributed by atoms with Crippen molar-refractivity contribution in [2.24, 2.45) is 0 Å². The van der Waals surface area contributed by atoms with E-state index in [0.717, 1.165) is 17.4 Å². The van der Waals surface area contributed by atoms with Crippen LogP contribution in [0.5, 0.6) is 0 Å². The SMILES string of the molecule is CCn1ccc2ccc(NC(=O)C(=O)NCC(C)O)cc21. The molecule has 21 heavy (non-hydrogen) atoms. The maximum Gasteiger partial charge on any atom is 0.313 e. The van der Waals surface area contributed by atoms with Gasteiger partial charge in [-0.05, 0) is 37.4 Å². The van der Waals surface area contributed by atoms with Gasteiger partial charge in [0.05, 0.1) is 11.6 Å². The van der Waals surface area contributed by atoms with Crippen LogP contribution < -0.4 is 10.6 Å². The minimum absolute atomic E-state index is 0.0456. The number of aliphatic hydroxyl groups excluding tert-OH is 1. The Balaban J connectivity index is 2.08. The molecule has 1 atom stereocenters. The van der Waals surface area contributed by atoms with Crippen molar-refractivity contribution in [1.82, 2.24) is 9.88 Å².